The third-order valence-electron chi connectivity index (χ3n) is 5.71. The number of aromatic nitrogens is 2. The van der Waals surface area contributed by atoms with Crippen LogP contribution in [0.1, 0.15) is 35.2 Å². The zero-order chi connectivity index (χ0) is 19.7. The summed E-state index contributed by atoms with van der Waals surface area (Å²) in [6.45, 7) is 3.56. The molecule has 3 heterocycles. The van der Waals surface area contributed by atoms with E-state index in [4.69, 9.17) is 0 Å². The fourth-order valence-corrected chi connectivity index (χ4v) is 4.99. The van der Waals surface area contributed by atoms with E-state index >= 15 is 0 Å². The summed E-state index contributed by atoms with van der Waals surface area (Å²) in [6.07, 6.45) is 4.41. The number of aliphatic hydroxyl groups is 1. The van der Waals surface area contributed by atoms with Gasteiger partial charge in [0.2, 0.25) is 5.91 Å². The Morgan fingerprint density at radius 2 is 2.04 bits per heavy atom. The Kier molecular flexibility index (Phi) is 5.59. The molecule has 2 aromatic heterocycles. The van der Waals surface area contributed by atoms with Crippen molar-refractivity contribution in [3.05, 3.63) is 35.7 Å². The molecule has 1 aliphatic heterocycles. The van der Waals surface area contributed by atoms with Crippen LogP contribution in [0.3, 0.4) is 0 Å². The quantitative estimate of drug-likeness (QED) is 0.812. The van der Waals surface area contributed by atoms with Crippen molar-refractivity contribution in [2.45, 2.75) is 38.3 Å². The highest BCUT2D eigenvalue weighted by Gasteiger charge is 2.36. The van der Waals surface area contributed by atoms with Gasteiger partial charge in [-0.1, -0.05) is 6.07 Å². The van der Waals surface area contributed by atoms with Crippen LogP contribution in [-0.2, 0) is 4.79 Å². The molecule has 150 valence electrons. The van der Waals surface area contributed by atoms with Crippen LogP contribution in [0, 0.1) is 12.8 Å². The van der Waals surface area contributed by atoms with Gasteiger partial charge in [-0.2, -0.15) is 16.9 Å². The van der Waals surface area contributed by atoms with Crippen molar-refractivity contribution in [2.75, 3.05) is 24.6 Å². The van der Waals surface area contributed by atoms with Crippen molar-refractivity contribution in [3.63, 3.8) is 0 Å². The van der Waals surface area contributed by atoms with Gasteiger partial charge >= 0.3 is 0 Å². The lowest BCUT2D eigenvalue weighted by Crippen LogP contribution is -2.50. The number of nitrogens with zero attached hydrogens (tertiary/aromatic N) is 3. The molecule has 2 amide bonds. The number of aliphatic hydroxyl groups excluding tert-OH is 1. The summed E-state index contributed by atoms with van der Waals surface area (Å²) in [5.41, 5.74) is 2.30. The van der Waals surface area contributed by atoms with Gasteiger partial charge in [0, 0.05) is 36.7 Å². The Hall–Kier alpha value is -2.06. The molecule has 2 fully saturated rings. The van der Waals surface area contributed by atoms with Gasteiger partial charge in [0.05, 0.1) is 29.4 Å². The number of hydrogen-bond donors (Lipinski definition) is 2. The summed E-state index contributed by atoms with van der Waals surface area (Å²) in [5, 5.41) is 17.8. The number of carbonyl (C=O) groups is 2. The normalized spacial score (nSPS) is 25.6. The monoisotopic (exact) mass is 402 g/mol. The number of hydrogen-bond acceptors (Lipinski definition) is 5. The third kappa shape index (κ3) is 3.89. The van der Waals surface area contributed by atoms with Gasteiger partial charge in [0.1, 0.15) is 0 Å². The number of aryl methyl sites for hydroxylation is 1. The Morgan fingerprint density at radius 1 is 1.25 bits per heavy atom. The average molecular weight is 403 g/mol. The zero-order valence-corrected chi connectivity index (χ0v) is 16.8. The van der Waals surface area contributed by atoms with Gasteiger partial charge in [-0.3, -0.25) is 9.59 Å². The van der Waals surface area contributed by atoms with Crippen LogP contribution in [0.5, 0.6) is 0 Å². The van der Waals surface area contributed by atoms with E-state index in [9.17, 15) is 14.7 Å². The first-order valence-corrected chi connectivity index (χ1v) is 11.0. The molecule has 2 N–H and O–H groups in total. The Morgan fingerprint density at radius 3 is 2.79 bits per heavy atom. The number of rotatable bonds is 3. The van der Waals surface area contributed by atoms with E-state index in [1.807, 2.05) is 41.9 Å². The molecule has 7 nitrogen and oxygen atoms in total. The molecule has 4 rings (SSSR count). The van der Waals surface area contributed by atoms with Crippen molar-refractivity contribution in [1.82, 2.24) is 19.8 Å². The number of nitrogens with one attached hydrogen (secondary N) is 1. The van der Waals surface area contributed by atoms with Gasteiger partial charge in [-0.15, -0.1) is 0 Å². The first-order chi connectivity index (χ1) is 13.5. The summed E-state index contributed by atoms with van der Waals surface area (Å²) in [7, 11) is 0. The largest absolute Gasteiger partial charge is 0.391 e. The smallest absolute Gasteiger partial charge is 0.255 e. The molecular formula is C20H26N4O3S. The molecule has 1 saturated heterocycles. The highest BCUT2D eigenvalue weighted by molar-refractivity contribution is 7.99. The van der Waals surface area contributed by atoms with Gasteiger partial charge in [-0.25, -0.2) is 4.52 Å². The topological polar surface area (TPSA) is 86.9 Å². The molecule has 0 unspecified atom stereocenters. The summed E-state index contributed by atoms with van der Waals surface area (Å²) < 4.78 is 1.69. The predicted octanol–water partition coefficient (Wildman–Crippen LogP) is 1.48. The van der Waals surface area contributed by atoms with Crippen LogP contribution >= 0.6 is 11.8 Å². The van der Waals surface area contributed by atoms with E-state index in [2.05, 4.69) is 10.4 Å². The van der Waals surface area contributed by atoms with Crippen molar-refractivity contribution in [3.8, 4) is 0 Å². The molecule has 2 aliphatic rings. The van der Waals surface area contributed by atoms with Crippen molar-refractivity contribution < 1.29 is 14.7 Å². The minimum atomic E-state index is -0.713. The average Bonchev–Trinajstić information content (AvgIpc) is 3.12. The molecule has 8 heteroatoms. The predicted molar refractivity (Wildman–Crippen MR) is 108 cm³/mol. The zero-order valence-electron chi connectivity index (χ0n) is 16.0. The highest BCUT2D eigenvalue weighted by Crippen LogP contribution is 2.28. The van der Waals surface area contributed by atoms with Crippen LogP contribution in [0.15, 0.2) is 24.5 Å². The van der Waals surface area contributed by atoms with E-state index in [-0.39, 0.29) is 23.8 Å². The van der Waals surface area contributed by atoms with Gasteiger partial charge in [0.25, 0.3) is 5.91 Å². The minimum absolute atomic E-state index is 0.147. The summed E-state index contributed by atoms with van der Waals surface area (Å²) in [6, 6.07) is 3.48. The SMILES string of the molecule is Cc1ccc2c(C(=O)N[C@H]3CC[C@H](C(=O)N4CCSCC4)C[C@@H]3O)cnn2c1. The molecule has 1 saturated carbocycles. The second kappa shape index (κ2) is 8.13. The van der Waals surface area contributed by atoms with Crippen molar-refractivity contribution in [2.24, 2.45) is 5.92 Å². The summed E-state index contributed by atoms with van der Waals surface area (Å²) in [5.74, 6) is 1.74. The van der Waals surface area contributed by atoms with E-state index in [1.54, 1.807) is 10.7 Å². The number of pyridine rings is 1. The molecule has 3 atom stereocenters. The summed E-state index contributed by atoms with van der Waals surface area (Å²) >= 11 is 1.87. The van der Waals surface area contributed by atoms with Gasteiger partial charge in [-0.05, 0) is 37.8 Å². The molecular weight excluding hydrogens is 376 g/mol. The maximum Gasteiger partial charge on any atom is 0.255 e. The van der Waals surface area contributed by atoms with Crippen molar-refractivity contribution >= 4 is 29.1 Å². The first-order valence-electron chi connectivity index (χ1n) is 9.82. The van der Waals surface area contributed by atoms with E-state index in [0.29, 0.717) is 24.8 Å². The second-order valence-corrected chi connectivity index (χ2v) is 8.91. The fourth-order valence-electron chi connectivity index (χ4n) is 4.09. The molecule has 0 aromatic carbocycles. The Balaban J connectivity index is 1.38. The maximum atomic E-state index is 12.7. The van der Waals surface area contributed by atoms with Crippen LogP contribution in [0.4, 0.5) is 0 Å². The Labute approximate surface area is 168 Å². The molecule has 1 aliphatic carbocycles. The van der Waals surface area contributed by atoms with Crippen LogP contribution in [0.2, 0.25) is 0 Å². The van der Waals surface area contributed by atoms with Crippen LogP contribution in [-0.4, -0.2) is 68.2 Å². The lowest BCUT2D eigenvalue weighted by atomic mass is 9.83. The van der Waals surface area contributed by atoms with Crippen LogP contribution in [0.25, 0.3) is 5.52 Å². The van der Waals surface area contributed by atoms with E-state index in [1.165, 1.54) is 0 Å². The minimum Gasteiger partial charge on any atom is -0.391 e. The molecule has 2 aromatic rings. The number of fused-ring (bicyclic) bond motifs is 1. The summed E-state index contributed by atoms with van der Waals surface area (Å²) in [4.78, 5) is 27.3. The van der Waals surface area contributed by atoms with Crippen molar-refractivity contribution in [1.29, 1.82) is 0 Å². The van der Waals surface area contributed by atoms with E-state index in [0.717, 1.165) is 35.7 Å². The lowest BCUT2D eigenvalue weighted by Gasteiger charge is -2.36. The number of thioether (sulfide) groups is 1. The third-order valence-corrected chi connectivity index (χ3v) is 6.66. The number of carbonyl (C=O) groups excluding carboxylic acids is 2. The van der Waals surface area contributed by atoms with Crippen LogP contribution < -0.4 is 5.32 Å². The van der Waals surface area contributed by atoms with Gasteiger partial charge < -0.3 is 15.3 Å². The fraction of sp³-hybridized carbons (Fsp3) is 0.550. The highest BCUT2D eigenvalue weighted by atomic mass is 32.2. The second-order valence-electron chi connectivity index (χ2n) is 7.69. The maximum absolute atomic E-state index is 12.7. The molecule has 28 heavy (non-hydrogen) atoms. The lowest BCUT2D eigenvalue weighted by molar-refractivity contribution is -0.137. The molecule has 0 radical (unpaired) electrons. The van der Waals surface area contributed by atoms with Gasteiger partial charge in [0.15, 0.2) is 0 Å². The molecule has 0 spiro atoms. The molecule has 0 bridgehead atoms. The standard InChI is InChI=1S/C20H26N4O3S/c1-13-2-5-17-15(11-21-24(17)12-13)19(26)22-16-4-3-14(10-18(16)25)20(27)23-6-8-28-9-7-23/h2,5,11-12,14,16,18,25H,3-4,6-10H2,1H3,(H,22,26)/t14-,16-,18-/m0/s1. The Bertz CT molecular complexity index is 877. The first kappa shape index (κ1) is 19.3. The van der Waals surface area contributed by atoms with E-state index < -0.39 is 6.10 Å². The number of amides is 2.